The number of thiazole rings is 1. The lowest BCUT2D eigenvalue weighted by atomic mass is 10.0. The minimum atomic E-state index is -4.46. The van der Waals surface area contributed by atoms with Gasteiger partial charge in [-0.2, -0.15) is 18.3 Å². The number of alkyl halides is 3. The van der Waals surface area contributed by atoms with Crippen molar-refractivity contribution in [2.45, 2.75) is 58.8 Å². The molecule has 1 atom stereocenters. The molecule has 0 aliphatic heterocycles. The lowest BCUT2D eigenvalue weighted by molar-refractivity contribution is -0.137. The molecule has 1 aliphatic carbocycles. The first-order chi connectivity index (χ1) is 15.9. The molecule has 1 saturated carbocycles. The zero-order valence-electron chi connectivity index (χ0n) is 19.5. The molecule has 0 bridgehead atoms. The number of halogens is 3. The van der Waals surface area contributed by atoms with Gasteiger partial charge in [-0.25, -0.2) is 9.67 Å². The van der Waals surface area contributed by atoms with Crippen LogP contribution in [0.25, 0.3) is 10.6 Å². The van der Waals surface area contributed by atoms with Crippen molar-refractivity contribution in [1.82, 2.24) is 19.7 Å². The Balaban J connectivity index is 1.73. The van der Waals surface area contributed by atoms with Crippen LogP contribution in [0.5, 0.6) is 0 Å². The molecule has 1 fully saturated rings. The van der Waals surface area contributed by atoms with E-state index in [2.05, 4.69) is 10.1 Å². The van der Waals surface area contributed by atoms with E-state index in [9.17, 15) is 22.8 Å². The van der Waals surface area contributed by atoms with Gasteiger partial charge in [-0.05, 0) is 63.8 Å². The van der Waals surface area contributed by atoms with E-state index in [0.29, 0.717) is 38.0 Å². The lowest BCUT2D eigenvalue weighted by Crippen LogP contribution is -2.35. The quantitative estimate of drug-likeness (QED) is 0.492. The minimum absolute atomic E-state index is 0.0419. The third-order valence-corrected chi connectivity index (χ3v) is 7.38. The number of nitrogens with zero attached hydrogens (tertiary/aromatic N) is 4. The second-order valence-corrected chi connectivity index (χ2v) is 9.69. The van der Waals surface area contributed by atoms with Crippen LogP contribution in [0, 0.1) is 20.8 Å². The first-order valence-corrected chi connectivity index (χ1v) is 11.7. The summed E-state index contributed by atoms with van der Waals surface area (Å²) in [5.74, 6) is -0.283. The second kappa shape index (κ2) is 8.65. The van der Waals surface area contributed by atoms with Crippen LogP contribution < -0.4 is 5.56 Å². The van der Waals surface area contributed by atoms with Crippen LogP contribution in [-0.2, 0) is 13.2 Å². The maximum absolute atomic E-state index is 13.7. The van der Waals surface area contributed by atoms with Gasteiger partial charge in [0.2, 0.25) is 0 Å². The Kier molecular flexibility index (Phi) is 6.14. The first kappa shape index (κ1) is 24.1. The van der Waals surface area contributed by atoms with Crippen molar-refractivity contribution >= 4 is 17.2 Å². The molecule has 0 N–H and O–H groups in total. The average molecular weight is 491 g/mol. The van der Waals surface area contributed by atoms with E-state index >= 15 is 0 Å². The Morgan fingerprint density at radius 3 is 2.50 bits per heavy atom. The summed E-state index contributed by atoms with van der Waals surface area (Å²) in [5, 5.41) is 4.63. The zero-order valence-corrected chi connectivity index (χ0v) is 20.3. The number of aromatic nitrogens is 3. The maximum Gasteiger partial charge on any atom is 0.416 e. The van der Waals surface area contributed by atoms with Gasteiger partial charge in [-0.1, -0.05) is 12.1 Å². The van der Waals surface area contributed by atoms with E-state index in [4.69, 9.17) is 0 Å². The molecule has 0 radical (unpaired) electrons. The molecular weight excluding hydrogens is 465 g/mol. The molecule has 1 aromatic carbocycles. The topological polar surface area (TPSA) is 68.1 Å². The number of hydrogen-bond acceptors (Lipinski definition) is 5. The molecule has 1 unspecified atom stereocenters. The fraction of sp³-hybridized carbons (Fsp3) is 0.417. The average Bonchev–Trinajstić information content (AvgIpc) is 3.53. The van der Waals surface area contributed by atoms with Crippen LogP contribution in [0.1, 0.15) is 63.6 Å². The van der Waals surface area contributed by atoms with Crippen molar-refractivity contribution in [3.05, 3.63) is 67.6 Å². The summed E-state index contributed by atoms with van der Waals surface area (Å²) in [7, 11) is 1.57. The molecule has 2 heterocycles. The molecule has 2 aromatic heterocycles. The highest BCUT2D eigenvalue weighted by Crippen LogP contribution is 2.39. The molecular formula is C24H25F3N4O2S. The lowest BCUT2D eigenvalue weighted by Gasteiger charge is -2.30. The van der Waals surface area contributed by atoms with Gasteiger partial charge >= 0.3 is 6.18 Å². The molecule has 6 nitrogen and oxygen atoms in total. The van der Waals surface area contributed by atoms with Crippen LogP contribution in [0.15, 0.2) is 29.1 Å². The van der Waals surface area contributed by atoms with Gasteiger partial charge in [-0.15, -0.1) is 11.3 Å². The molecule has 1 amide bonds. The number of carbonyl (C=O) groups excluding carboxylic acids is 1. The largest absolute Gasteiger partial charge is 0.416 e. The van der Waals surface area contributed by atoms with Crippen LogP contribution in [0.3, 0.4) is 0 Å². The van der Waals surface area contributed by atoms with Crippen LogP contribution in [0.4, 0.5) is 13.2 Å². The van der Waals surface area contributed by atoms with Crippen molar-refractivity contribution in [2.24, 2.45) is 7.05 Å². The van der Waals surface area contributed by atoms with E-state index in [-0.39, 0.29) is 17.5 Å². The van der Waals surface area contributed by atoms with Gasteiger partial charge in [0.15, 0.2) is 0 Å². The monoisotopic (exact) mass is 490 g/mol. The Morgan fingerprint density at radius 2 is 1.88 bits per heavy atom. The van der Waals surface area contributed by atoms with Crippen LogP contribution >= 0.6 is 11.3 Å². The Hall–Kier alpha value is -3.01. The third-order valence-electron chi connectivity index (χ3n) is 6.22. The smallest absolute Gasteiger partial charge is 0.328 e. The number of carbonyl (C=O) groups is 1. The number of benzene rings is 1. The summed E-state index contributed by atoms with van der Waals surface area (Å²) in [6.07, 6.45) is -2.87. The maximum atomic E-state index is 13.7. The van der Waals surface area contributed by atoms with Crippen molar-refractivity contribution < 1.29 is 18.0 Å². The molecule has 3 aromatic rings. The summed E-state index contributed by atoms with van der Waals surface area (Å²) in [6.45, 7) is 7.05. The van der Waals surface area contributed by atoms with E-state index in [1.165, 1.54) is 10.7 Å². The van der Waals surface area contributed by atoms with Gasteiger partial charge in [0, 0.05) is 13.1 Å². The number of hydrogen-bond donors (Lipinski definition) is 0. The molecule has 1 aliphatic rings. The van der Waals surface area contributed by atoms with E-state index in [0.717, 1.165) is 36.3 Å². The predicted molar refractivity (Wildman–Crippen MR) is 124 cm³/mol. The molecule has 0 saturated heterocycles. The normalized spacial score (nSPS) is 14.8. The molecule has 180 valence electrons. The van der Waals surface area contributed by atoms with E-state index in [1.54, 1.807) is 45.7 Å². The van der Waals surface area contributed by atoms with Crippen LogP contribution in [-0.4, -0.2) is 31.6 Å². The fourth-order valence-electron chi connectivity index (χ4n) is 4.07. The zero-order chi connectivity index (χ0) is 24.9. The third kappa shape index (κ3) is 4.38. The summed E-state index contributed by atoms with van der Waals surface area (Å²) in [5.41, 5.74) is 1.67. The summed E-state index contributed by atoms with van der Waals surface area (Å²) in [4.78, 5) is 33.0. The number of rotatable bonds is 5. The Bertz CT molecular complexity index is 1320. The van der Waals surface area contributed by atoms with Gasteiger partial charge in [-0.3, -0.25) is 9.59 Å². The molecule has 4 rings (SSSR count). The first-order valence-electron chi connectivity index (χ1n) is 10.9. The summed E-state index contributed by atoms with van der Waals surface area (Å²) < 4.78 is 41.0. The summed E-state index contributed by atoms with van der Waals surface area (Å²) in [6, 6.07) is 4.51. The molecule has 10 heteroatoms. The highest BCUT2D eigenvalue weighted by Gasteiger charge is 2.39. The van der Waals surface area contributed by atoms with Gasteiger partial charge < -0.3 is 4.90 Å². The van der Waals surface area contributed by atoms with Gasteiger partial charge in [0.1, 0.15) is 9.88 Å². The van der Waals surface area contributed by atoms with Crippen molar-refractivity contribution in [2.75, 3.05) is 0 Å². The summed E-state index contributed by atoms with van der Waals surface area (Å²) >= 11 is 1.14. The Labute approximate surface area is 199 Å². The Morgan fingerprint density at radius 1 is 1.21 bits per heavy atom. The second-order valence-electron chi connectivity index (χ2n) is 8.69. The number of aryl methyl sites for hydroxylation is 3. The number of amides is 1. The van der Waals surface area contributed by atoms with E-state index in [1.807, 2.05) is 0 Å². The van der Waals surface area contributed by atoms with Crippen molar-refractivity contribution in [1.29, 1.82) is 0 Å². The predicted octanol–water partition coefficient (Wildman–Crippen LogP) is 5.21. The SMILES string of the molecule is Cc1nc(-c2c(C)c(C)nn(C)c2=O)sc1C(=O)N(C1CC1)C(C)c1cccc(C(F)(F)F)c1. The molecule has 0 spiro atoms. The van der Waals surface area contributed by atoms with Crippen molar-refractivity contribution in [3.8, 4) is 10.6 Å². The molecule has 34 heavy (non-hydrogen) atoms. The standard InChI is InChI=1S/C24H25F3N4O2S/c1-12-13(2)29-30(5)22(32)19(12)21-28-14(3)20(34-21)23(33)31(18-9-10-18)15(4)16-7-6-8-17(11-16)24(25,26)27/h6-8,11,15,18H,9-10H2,1-5H3. The van der Waals surface area contributed by atoms with Gasteiger partial charge in [0.05, 0.1) is 28.6 Å². The van der Waals surface area contributed by atoms with Gasteiger partial charge in [0.25, 0.3) is 11.5 Å². The van der Waals surface area contributed by atoms with E-state index < -0.39 is 17.8 Å². The highest BCUT2D eigenvalue weighted by atomic mass is 32.1. The van der Waals surface area contributed by atoms with Crippen LogP contribution in [0.2, 0.25) is 0 Å². The minimum Gasteiger partial charge on any atom is -0.328 e. The fourth-order valence-corrected chi connectivity index (χ4v) is 5.17. The van der Waals surface area contributed by atoms with Crippen molar-refractivity contribution in [3.63, 3.8) is 0 Å². The highest BCUT2D eigenvalue weighted by molar-refractivity contribution is 7.17.